The van der Waals surface area contributed by atoms with Crippen LogP contribution in [0, 0.1) is 0 Å². The summed E-state index contributed by atoms with van der Waals surface area (Å²) in [7, 11) is 1.87. The van der Waals surface area contributed by atoms with Crippen LogP contribution in [-0.4, -0.2) is 76.7 Å². The Morgan fingerprint density at radius 2 is 2.11 bits per heavy atom. The monoisotopic (exact) mass is 506 g/mol. The van der Waals surface area contributed by atoms with Crippen LogP contribution in [0.4, 0.5) is 0 Å². The van der Waals surface area contributed by atoms with Gasteiger partial charge in [-0.3, -0.25) is 19.7 Å². The molecule has 4 aromatic rings. The van der Waals surface area contributed by atoms with Crippen molar-refractivity contribution in [3.05, 3.63) is 35.4 Å². The Labute approximate surface area is 215 Å². The quantitative estimate of drug-likeness (QED) is 0.424. The summed E-state index contributed by atoms with van der Waals surface area (Å²) in [5, 5.41) is 27.4. The van der Waals surface area contributed by atoms with Crippen molar-refractivity contribution in [2.45, 2.75) is 52.9 Å². The van der Waals surface area contributed by atoms with E-state index in [0.717, 1.165) is 39.1 Å². The number of fused-ring (bicyclic) bond motifs is 4. The highest BCUT2D eigenvalue weighted by Gasteiger charge is 2.25. The van der Waals surface area contributed by atoms with Gasteiger partial charge in [-0.15, -0.1) is 5.10 Å². The Morgan fingerprint density at radius 3 is 2.86 bits per heavy atom. The summed E-state index contributed by atoms with van der Waals surface area (Å²) in [5.74, 6) is 1.21. The SMILES string of the molecule is CCOc1nn(CCO)c2c1/C=C/c1n[nH]c3cnc(cc13)-c1cnn(C)c1OC(C)CN(C(C)C)C2. The maximum Gasteiger partial charge on any atom is 0.240 e. The van der Waals surface area contributed by atoms with Gasteiger partial charge in [0.25, 0.3) is 0 Å². The molecule has 1 unspecified atom stereocenters. The molecule has 196 valence electrons. The summed E-state index contributed by atoms with van der Waals surface area (Å²) in [6.45, 7) is 10.5. The van der Waals surface area contributed by atoms with Gasteiger partial charge >= 0.3 is 0 Å². The molecular formula is C26H34N8O3. The zero-order chi connectivity index (χ0) is 26.1. The lowest BCUT2D eigenvalue weighted by Gasteiger charge is -2.30. The van der Waals surface area contributed by atoms with Crippen LogP contribution in [-0.2, 0) is 20.1 Å². The number of hydrogen-bond acceptors (Lipinski definition) is 8. The van der Waals surface area contributed by atoms with Crippen molar-refractivity contribution in [2.24, 2.45) is 7.05 Å². The number of aryl methyl sites for hydroxylation is 1. The normalized spacial score (nSPS) is 17.3. The summed E-state index contributed by atoms with van der Waals surface area (Å²) < 4.78 is 16.0. The molecule has 0 saturated carbocycles. The predicted octanol–water partition coefficient (Wildman–Crippen LogP) is 3.11. The molecule has 0 saturated heterocycles. The Kier molecular flexibility index (Phi) is 6.98. The largest absolute Gasteiger partial charge is 0.476 e. The molecule has 0 radical (unpaired) electrons. The van der Waals surface area contributed by atoms with Crippen LogP contribution in [0.3, 0.4) is 0 Å². The fraction of sp³-hybridized carbons (Fsp3) is 0.462. The average molecular weight is 507 g/mol. The van der Waals surface area contributed by atoms with Gasteiger partial charge in [-0.1, -0.05) is 0 Å². The van der Waals surface area contributed by atoms with Crippen LogP contribution in [0.15, 0.2) is 18.5 Å². The van der Waals surface area contributed by atoms with E-state index in [9.17, 15) is 5.11 Å². The van der Waals surface area contributed by atoms with Crippen molar-refractivity contribution < 1.29 is 14.6 Å². The van der Waals surface area contributed by atoms with Crippen molar-refractivity contribution in [3.8, 4) is 23.0 Å². The molecule has 0 aromatic carbocycles. The van der Waals surface area contributed by atoms with E-state index >= 15 is 0 Å². The van der Waals surface area contributed by atoms with E-state index in [1.807, 2.05) is 36.9 Å². The van der Waals surface area contributed by atoms with Crippen LogP contribution in [0.1, 0.15) is 44.6 Å². The minimum atomic E-state index is -0.130. The standard InChI is InChI=1S/C26H34N8O3/c1-6-36-25-18-7-8-21-19-11-22(27-13-23(19)30-29-21)20-12-28-32(5)26(20)37-17(4)14-33(16(2)3)15-24(18)34(31-25)9-10-35/h7-8,11-13,16-17,35H,6,9-10,14-15H2,1-5H3,(H,29,30)/b8-7+. The van der Waals surface area contributed by atoms with Crippen LogP contribution < -0.4 is 9.47 Å². The minimum Gasteiger partial charge on any atom is -0.476 e. The molecule has 5 rings (SSSR count). The van der Waals surface area contributed by atoms with Crippen molar-refractivity contribution in [1.29, 1.82) is 0 Å². The van der Waals surface area contributed by atoms with Gasteiger partial charge in [-0.25, -0.2) is 4.68 Å². The fourth-order valence-corrected chi connectivity index (χ4v) is 4.67. The summed E-state index contributed by atoms with van der Waals surface area (Å²) in [6.07, 6.45) is 7.42. The fourth-order valence-electron chi connectivity index (χ4n) is 4.67. The number of aliphatic hydroxyl groups is 1. The van der Waals surface area contributed by atoms with Crippen molar-refractivity contribution >= 4 is 23.1 Å². The molecule has 0 amide bonds. The summed E-state index contributed by atoms with van der Waals surface area (Å²) >= 11 is 0. The molecule has 2 N–H and O–H groups in total. The highest BCUT2D eigenvalue weighted by atomic mass is 16.5. The second kappa shape index (κ2) is 10.3. The number of aliphatic hydroxyl groups excluding tert-OH is 1. The highest BCUT2D eigenvalue weighted by Crippen LogP contribution is 2.33. The number of hydrogen-bond donors (Lipinski definition) is 2. The van der Waals surface area contributed by atoms with Gasteiger partial charge in [0.15, 0.2) is 0 Å². The number of ether oxygens (including phenoxy) is 2. The third-order valence-corrected chi connectivity index (χ3v) is 6.59. The Hall–Kier alpha value is -3.70. The van der Waals surface area contributed by atoms with Crippen LogP contribution >= 0.6 is 0 Å². The van der Waals surface area contributed by atoms with E-state index in [0.29, 0.717) is 38.0 Å². The number of nitrogens with one attached hydrogen (secondary N) is 1. The van der Waals surface area contributed by atoms with Gasteiger partial charge in [-0.05, 0) is 45.9 Å². The van der Waals surface area contributed by atoms with Crippen molar-refractivity contribution in [2.75, 3.05) is 19.8 Å². The molecule has 11 nitrogen and oxygen atoms in total. The molecule has 0 fully saturated rings. The maximum atomic E-state index is 9.75. The maximum absolute atomic E-state index is 9.75. The molecule has 5 heterocycles. The number of aromatic nitrogens is 7. The van der Waals surface area contributed by atoms with E-state index in [-0.39, 0.29) is 18.8 Å². The zero-order valence-corrected chi connectivity index (χ0v) is 22.0. The summed E-state index contributed by atoms with van der Waals surface area (Å²) in [6, 6.07) is 2.24. The molecule has 11 heteroatoms. The number of aromatic amines is 1. The molecular weight excluding hydrogens is 472 g/mol. The molecule has 1 aliphatic rings. The van der Waals surface area contributed by atoms with Gasteiger partial charge in [0.05, 0.1) is 65.9 Å². The van der Waals surface area contributed by atoms with Gasteiger partial charge in [0.1, 0.15) is 6.10 Å². The lowest BCUT2D eigenvalue weighted by molar-refractivity contribution is 0.109. The Bertz CT molecular complexity index is 1420. The molecule has 0 aliphatic carbocycles. The van der Waals surface area contributed by atoms with Crippen molar-refractivity contribution in [1.82, 2.24) is 39.6 Å². The molecule has 1 atom stereocenters. The van der Waals surface area contributed by atoms with E-state index < -0.39 is 0 Å². The smallest absolute Gasteiger partial charge is 0.240 e. The van der Waals surface area contributed by atoms with E-state index in [2.05, 4.69) is 46.0 Å². The second-order valence-electron chi connectivity index (χ2n) is 9.54. The number of nitrogens with zero attached hydrogens (tertiary/aromatic N) is 7. The van der Waals surface area contributed by atoms with E-state index in [4.69, 9.17) is 14.6 Å². The first-order chi connectivity index (χ1) is 17.9. The van der Waals surface area contributed by atoms with Gasteiger partial charge in [0.2, 0.25) is 11.8 Å². The number of H-pyrrole nitrogens is 1. The third kappa shape index (κ3) is 4.84. The topological polar surface area (TPSA) is 119 Å². The van der Waals surface area contributed by atoms with Gasteiger partial charge in [0, 0.05) is 31.6 Å². The predicted molar refractivity (Wildman–Crippen MR) is 141 cm³/mol. The van der Waals surface area contributed by atoms with Gasteiger partial charge in [-0.2, -0.15) is 10.2 Å². The first-order valence-electron chi connectivity index (χ1n) is 12.7. The molecule has 37 heavy (non-hydrogen) atoms. The van der Waals surface area contributed by atoms with E-state index in [1.165, 1.54) is 0 Å². The second-order valence-corrected chi connectivity index (χ2v) is 9.54. The minimum absolute atomic E-state index is 0.0202. The van der Waals surface area contributed by atoms with Crippen molar-refractivity contribution in [3.63, 3.8) is 0 Å². The number of rotatable bonds is 5. The van der Waals surface area contributed by atoms with Crippen LogP contribution in [0.2, 0.25) is 0 Å². The molecule has 1 aliphatic heterocycles. The lowest BCUT2D eigenvalue weighted by Crippen LogP contribution is -2.39. The number of pyridine rings is 1. The molecule has 4 aromatic heterocycles. The molecule has 2 bridgehead atoms. The van der Waals surface area contributed by atoms with Gasteiger partial charge < -0.3 is 14.6 Å². The van der Waals surface area contributed by atoms with Crippen LogP contribution in [0.25, 0.3) is 34.3 Å². The van der Waals surface area contributed by atoms with Crippen LogP contribution in [0.5, 0.6) is 11.8 Å². The zero-order valence-electron chi connectivity index (χ0n) is 22.0. The summed E-state index contributed by atoms with van der Waals surface area (Å²) in [5.41, 5.74) is 5.05. The summed E-state index contributed by atoms with van der Waals surface area (Å²) in [4.78, 5) is 6.99. The lowest BCUT2D eigenvalue weighted by atomic mass is 10.1. The van der Waals surface area contributed by atoms with E-state index in [1.54, 1.807) is 17.1 Å². The molecule has 0 spiro atoms. The first kappa shape index (κ1) is 25.0. The third-order valence-electron chi connectivity index (χ3n) is 6.59. The Balaban J connectivity index is 1.71. The highest BCUT2D eigenvalue weighted by molar-refractivity contribution is 5.91. The first-order valence-corrected chi connectivity index (χ1v) is 12.7. The Morgan fingerprint density at radius 1 is 1.27 bits per heavy atom. The average Bonchev–Trinajstić information content (AvgIpc) is 3.53.